The Labute approximate surface area is 116 Å². The number of hydrogen-bond acceptors (Lipinski definition) is 3. The second-order valence-corrected chi connectivity index (χ2v) is 6.77. The summed E-state index contributed by atoms with van der Waals surface area (Å²) in [5.74, 6) is 1.64. The smallest absolute Gasteiger partial charge is 0.237 e. The quantitative estimate of drug-likeness (QED) is 0.799. The largest absolute Gasteiger partial charge is 0.354 e. The van der Waals surface area contributed by atoms with Crippen molar-refractivity contribution in [2.24, 2.45) is 11.8 Å². The standard InChI is InChI=1S/C15H27N3O/c1-18-7-6-11(10-18)9-16-15(19)14-8-12-4-2-3-5-13(12)17-14/h11-14,17H,2-10H2,1H3,(H,16,19). The van der Waals surface area contributed by atoms with Crippen LogP contribution in [0.1, 0.15) is 38.5 Å². The molecule has 0 spiro atoms. The summed E-state index contributed by atoms with van der Waals surface area (Å²) in [6.07, 6.45) is 7.54. The van der Waals surface area contributed by atoms with Gasteiger partial charge in [-0.3, -0.25) is 4.79 Å². The van der Waals surface area contributed by atoms with Crippen molar-refractivity contribution in [1.29, 1.82) is 0 Å². The van der Waals surface area contributed by atoms with Crippen molar-refractivity contribution in [3.05, 3.63) is 0 Å². The normalized spacial score (nSPS) is 39.2. The number of hydrogen-bond donors (Lipinski definition) is 2. The third kappa shape index (κ3) is 3.11. The van der Waals surface area contributed by atoms with Crippen molar-refractivity contribution in [2.75, 3.05) is 26.7 Å². The molecule has 3 fully saturated rings. The van der Waals surface area contributed by atoms with E-state index >= 15 is 0 Å². The number of amides is 1. The summed E-state index contributed by atoms with van der Waals surface area (Å²) in [5, 5.41) is 6.72. The van der Waals surface area contributed by atoms with Gasteiger partial charge in [0.25, 0.3) is 0 Å². The summed E-state index contributed by atoms with van der Waals surface area (Å²) in [6, 6.07) is 0.689. The van der Waals surface area contributed by atoms with Crippen molar-refractivity contribution in [3.63, 3.8) is 0 Å². The van der Waals surface area contributed by atoms with Crippen molar-refractivity contribution >= 4 is 5.91 Å². The van der Waals surface area contributed by atoms with E-state index in [4.69, 9.17) is 0 Å². The molecule has 108 valence electrons. The van der Waals surface area contributed by atoms with Gasteiger partial charge in [0, 0.05) is 19.1 Å². The maximum atomic E-state index is 12.2. The van der Waals surface area contributed by atoms with Gasteiger partial charge in [0.2, 0.25) is 5.91 Å². The van der Waals surface area contributed by atoms with E-state index < -0.39 is 0 Å². The second kappa shape index (κ2) is 5.80. The number of nitrogens with one attached hydrogen (secondary N) is 2. The van der Waals surface area contributed by atoms with E-state index in [1.807, 2.05) is 0 Å². The minimum atomic E-state index is 0.0761. The Bertz CT molecular complexity index is 319. The maximum Gasteiger partial charge on any atom is 0.237 e. The minimum absolute atomic E-state index is 0.0761. The van der Waals surface area contributed by atoms with Gasteiger partial charge in [0.05, 0.1) is 6.04 Å². The molecule has 0 radical (unpaired) electrons. The van der Waals surface area contributed by atoms with E-state index in [1.54, 1.807) is 0 Å². The third-order valence-corrected chi connectivity index (χ3v) is 5.23. The summed E-state index contributed by atoms with van der Waals surface area (Å²) >= 11 is 0. The van der Waals surface area contributed by atoms with Crippen molar-refractivity contribution < 1.29 is 4.79 Å². The van der Waals surface area contributed by atoms with E-state index in [-0.39, 0.29) is 11.9 Å². The Morgan fingerprint density at radius 1 is 1.32 bits per heavy atom. The number of likely N-dealkylation sites (tertiary alicyclic amines) is 1. The van der Waals surface area contributed by atoms with Crippen molar-refractivity contribution in [3.8, 4) is 0 Å². The van der Waals surface area contributed by atoms with Crippen LogP contribution in [0.15, 0.2) is 0 Å². The van der Waals surface area contributed by atoms with Gasteiger partial charge in [-0.25, -0.2) is 0 Å². The number of fused-ring (bicyclic) bond motifs is 1. The lowest BCUT2D eigenvalue weighted by atomic mass is 9.85. The first kappa shape index (κ1) is 13.4. The molecule has 0 aromatic rings. The Morgan fingerprint density at radius 2 is 2.16 bits per heavy atom. The first-order valence-electron chi connectivity index (χ1n) is 7.94. The molecule has 4 heteroatoms. The number of carbonyl (C=O) groups is 1. The monoisotopic (exact) mass is 265 g/mol. The first-order chi connectivity index (χ1) is 9.22. The van der Waals surface area contributed by atoms with Gasteiger partial charge < -0.3 is 15.5 Å². The second-order valence-electron chi connectivity index (χ2n) is 6.77. The van der Waals surface area contributed by atoms with Crippen LogP contribution in [0.2, 0.25) is 0 Å². The van der Waals surface area contributed by atoms with Gasteiger partial charge in [-0.1, -0.05) is 12.8 Å². The summed E-state index contributed by atoms with van der Waals surface area (Å²) in [7, 11) is 2.16. The zero-order valence-corrected chi connectivity index (χ0v) is 12.0. The number of nitrogens with zero attached hydrogens (tertiary/aromatic N) is 1. The van der Waals surface area contributed by atoms with Crippen molar-refractivity contribution in [1.82, 2.24) is 15.5 Å². The fourth-order valence-corrected chi connectivity index (χ4v) is 4.08. The van der Waals surface area contributed by atoms with Crippen LogP contribution >= 0.6 is 0 Å². The molecule has 2 aliphatic heterocycles. The highest BCUT2D eigenvalue weighted by atomic mass is 16.2. The predicted molar refractivity (Wildman–Crippen MR) is 75.9 cm³/mol. The molecule has 0 aromatic carbocycles. The number of rotatable bonds is 3. The van der Waals surface area contributed by atoms with Crippen molar-refractivity contribution in [2.45, 2.75) is 50.6 Å². The van der Waals surface area contributed by atoms with E-state index in [9.17, 15) is 4.79 Å². The summed E-state index contributed by atoms with van der Waals surface area (Å²) in [6.45, 7) is 3.16. The molecule has 4 nitrogen and oxygen atoms in total. The lowest BCUT2D eigenvalue weighted by Gasteiger charge is -2.24. The zero-order valence-electron chi connectivity index (χ0n) is 12.0. The molecular formula is C15H27N3O. The van der Waals surface area contributed by atoms with Crippen LogP contribution in [0, 0.1) is 11.8 Å². The van der Waals surface area contributed by atoms with E-state index in [2.05, 4.69) is 22.6 Å². The first-order valence-corrected chi connectivity index (χ1v) is 7.94. The SMILES string of the molecule is CN1CCC(CNC(=O)C2CC3CCCCC3N2)C1. The Hall–Kier alpha value is -0.610. The van der Waals surface area contributed by atoms with Crippen LogP contribution in [0.5, 0.6) is 0 Å². The van der Waals surface area contributed by atoms with Crippen LogP contribution < -0.4 is 10.6 Å². The summed E-state index contributed by atoms with van der Waals surface area (Å²) < 4.78 is 0. The Kier molecular flexibility index (Phi) is 4.08. The molecule has 2 saturated heterocycles. The van der Waals surface area contributed by atoms with Crippen LogP contribution in [-0.2, 0) is 4.79 Å². The van der Waals surface area contributed by atoms with Crippen LogP contribution in [0.3, 0.4) is 0 Å². The zero-order chi connectivity index (χ0) is 13.2. The van der Waals surface area contributed by atoms with Gasteiger partial charge in [0.15, 0.2) is 0 Å². The van der Waals surface area contributed by atoms with Gasteiger partial charge >= 0.3 is 0 Å². The van der Waals surface area contributed by atoms with Gasteiger partial charge in [-0.05, 0) is 51.1 Å². The molecule has 2 heterocycles. The van der Waals surface area contributed by atoms with Gasteiger partial charge in [-0.15, -0.1) is 0 Å². The summed E-state index contributed by atoms with van der Waals surface area (Å²) in [4.78, 5) is 14.6. The van der Waals surface area contributed by atoms with E-state index in [1.165, 1.54) is 38.6 Å². The number of carbonyl (C=O) groups excluding carboxylic acids is 1. The summed E-state index contributed by atoms with van der Waals surface area (Å²) in [5.41, 5.74) is 0. The molecule has 4 atom stereocenters. The highest BCUT2D eigenvalue weighted by Gasteiger charge is 2.38. The van der Waals surface area contributed by atoms with Crippen LogP contribution in [0.4, 0.5) is 0 Å². The Morgan fingerprint density at radius 3 is 2.89 bits per heavy atom. The van der Waals surface area contributed by atoms with Gasteiger partial charge in [-0.2, -0.15) is 0 Å². The van der Waals surface area contributed by atoms with Crippen LogP contribution in [0.25, 0.3) is 0 Å². The van der Waals surface area contributed by atoms with Crippen LogP contribution in [-0.4, -0.2) is 49.6 Å². The fourth-order valence-electron chi connectivity index (χ4n) is 4.08. The van der Waals surface area contributed by atoms with E-state index in [0.717, 1.165) is 25.4 Å². The highest BCUT2D eigenvalue weighted by Crippen LogP contribution is 2.33. The maximum absolute atomic E-state index is 12.2. The molecule has 4 unspecified atom stereocenters. The average molecular weight is 265 g/mol. The molecule has 0 aromatic heterocycles. The fraction of sp³-hybridized carbons (Fsp3) is 0.933. The van der Waals surface area contributed by atoms with Gasteiger partial charge in [0.1, 0.15) is 0 Å². The lowest BCUT2D eigenvalue weighted by molar-refractivity contribution is -0.123. The predicted octanol–water partition coefficient (Wildman–Crippen LogP) is 0.975. The third-order valence-electron chi connectivity index (χ3n) is 5.23. The highest BCUT2D eigenvalue weighted by molar-refractivity contribution is 5.82. The molecule has 3 aliphatic rings. The van der Waals surface area contributed by atoms with E-state index in [0.29, 0.717) is 12.0 Å². The molecule has 19 heavy (non-hydrogen) atoms. The molecule has 1 aliphatic carbocycles. The molecule has 2 N–H and O–H groups in total. The average Bonchev–Trinajstić information content (AvgIpc) is 3.01. The Balaban J connectivity index is 1.43. The molecular weight excluding hydrogens is 238 g/mol. The lowest BCUT2D eigenvalue weighted by Crippen LogP contribution is -2.44. The molecule has 3 rings (SSSR count). The molecule has 1 saturated carbocycles. The molecule has 0 bridgehead atoms. The molecule has 1 amide bonds. The topological polar surface area (TPSA) is 44.4 Å². The minimum Gasteiger partial charge on any atom is -0.354 e.